The number of hydrogen-bond acceptors (Lipinski definition) is 2. The van der Waals surface area contributed by atoms with Gasteiger partial charge in [0.25, 0.3) is 0 Å². The van der Waals surface area contributed by atoms with Crippen LogP contribution in [0.2, 0.25) is 5.02 Å². The molecule has 1 atom stereocenters. The molecule has 0 radical (unpaired) electrons. The van der Waals surface area contributed by atoms with Crippen molar-refractivity contribution < 1.29 is 5.11 Å². The molecule has 2 nitrogen and oxygen atoms in total. The van der Waals surface area contributed by atoms with Gasteiger partial charge in [0.05, 0.1) is 0 Å². The van der Waals surface area contributed by atoms with E-state index in [4.69, 9.17) is 16.7 Å². The Hall–Kier alpha value is -0.570. The van der Waals surface area contributed by atoms with Gasteiger partial charge in [-0.05, 0) is 43.7 Å². The van der Waals surface area contributed by atoms with Crippen LogP contribution in [0.25, 0.3) is 0 Å². The quantitative estimate of drug-likeness (QED) is 0.846. The zero-order chi connectivity index (χ0) is 12.3. The van der Waals surface area contributed by atoms with E-state index < -0.39 is 0 Å². The van der Waals surface area contributed by atoms with Crippen LogP contribution in [0.15, 0.2) is 24.3 Å². The molecule has 1 unspecified atom stereocenters. The highest BCUT2D eigenvalue weighted by Crippen LogP contribution is 2.40. The van der Waals surface area contributed by atoms with Crippen LogP contribution < -0.4 is 5.32 Å². The van der Waals surface area contributed by atoms with E-state index in [1.54, 1.807) is 0 Å². The fourth-order valence-electron chi connectivity index (χ4n) is 2.49. The van der Waals surface area contributed by atoms with Gasteiger partial charge in [-0.2, -0.15) is 0 Å². The third-order valence-corrected chi connectivity index (χ3v) is 3.91. The van der Waals surface area contributed by atoms with Crippen molar-refractivity contribution in [2.75, 3.05) is 6.61 Å². The summed E-state index contributed by atoms with van der Waals surface area (Å²) in [7, 11) is 0. The van der Waals surface area contributed by atoms with Crippen LogP contribution in [0.3, 0.4) is 0 Å². The lowest BCUT2D eigenvalue weighted by Crippen LogP contribution is -2.44. The summed E-state index contributed by atoms with van der Waals surface area (Å²) >= 11 is 6.18. The maximum Gasteiger partial charge on any atom is 0.0445 e. The van der Waals surface area contributed by atoms with Gasteiger partial charge in [0.2, 0.25) is 0 Å². The Labute approximate surface area is 108 Å². The van der Waals surface area contributed by atoms with Gasteiger partial charge in [0, 0.05) is 23.7 Å². The summed E-state index contributed by atoms with van der Waals surface area (Å²) < 4.78 is 0. The van der Waals surface area contributed by atoms with Crippen molar-refractivity contribution in [1.29, 1.82) is 0 Å². The lowest BCUT2D eigenvalue weighted by atomic mass is 9.75. The molecular weight excluding hydrogens is 234 g/mol. The number of aliphatic hydroxyl groups is 1. The fourth-order valence-corrected chi connectivity index (χ4v) is 2.78. The second-order valence-electron chi connectivity index (χ2n) is 4.97. The van der Waals surface area contributed by atoms with E-state index in [9.17, 15) is 0 Å². The minimum absolute atomic E-state index is 0.259. The lowest BCUT2D eigenvalue weighted by molar-refractivity contribution is 0.230. The molecule has 0 aromatic heterocycles. The van der Waals surface area contributed by atoms with Gasteiger partial charge in [-0.3, -0.25) is 0 Å². The van der Waals surface area contributed by atoms with Gasteiger partial charge in [-0.1, -0.05) is 29.8 Å². The first-order chi connectivity index (χ1) is 8.20. The van der Waals surface area contributed by atoms with Crippen molar-refractivity contribution in [1.82, 2.24) is 5.32 Å². The number of halogens is 1. The second kappa shape index (κ2) is 5.85. The maximum absolute atomic E-state index is 8.85. The molecule has 0 spiro atoms. The lowest BCUT2D eigenvalue weighted by Gasteiger charge is -2.38. The Bertz CT molecular complexity index is 363. The molecular formula is C14H20ClNO. The Kier molecular flexibility index (Phi) is 4.43. The molecule has 0 saturated heterocycles. The van der Waals surface area contributed by atoms with Crippen LogP contribution in [0.5, 0.6) is 0 Å². The summed E-state index contributed by atoms with van der Waals surface area (Å²) in [4.78, 5) is 0. The Balaban J connectivity index is 1.81. The average molecular weight is 254 g/mol. The maximum atomic E-state index is 8.85. The molecule has 0 heterocycles. The topological polar surface area (TPSA) is 32.3 Å². The van der Waals surface area contributed by atoms with E-state index in [0.717, 1.165) is 24.3 Å². The minimum atomic E-state index is 0.259. The molecule has 1 aliphatic rings. The Morgan fingerprint density at radius 2 is 2.12 bits per heavy atom. The van der Waals surface area contributed by atoms with Gasteiger partial charge in [0.1, 0.15) is 0 Å². The standard InChI is InChI=1S/C14H20ClNO/c1-10(6-7-17)16-12-8-11(9-12)13-4-2-3-5-14(13)15/h2-5,10-12,16-17H,6-9H2,1H3. The summed E-state index contributed by atoms with van der Waals surface area (Å²) in [6.45, 7) is 2.38. The molecule has 17 heavy (non-hydrogen) atoms. The van der Waals surface area contributed by atoms with Crippen molar-refractivity contribution in [2.45, 2.75) is 44.2 Å². The Morgan fingerprint density at radius 3 is 2.76 bits per heavy atom. The van der Waals surface area contributed by atoms with E-state index in [2.05, 4.69) is 24.4 Å². The fraction of sp³-hybridized carbons (Fsp3) is 0.571. The normalized spacial score (nSPS) is 25.4. The molecule has 0 aliphatic heterocycles. The van der Waals surface area contributed by atoms with Crippen LogP contribution in [-0.4, -0.2) is 23.8 Å². The third kappa shape index (κ3) is 3.21. The summed E-state index contributed by atoms with van der Waals surface area (Å²) in [5.41, 5.74) is 1.28. The number of nitrogens with one attached hydrogen (secondary N) is 1. The smallest absolute Gasteiger partial charge is 0.0445 e. The molecule has 3 heteroatoms. The predicted molar refractivity (Wildman–Crippen MR) is 71.5 cm³/mol. The van der Waals surface area contributed by atoms with Crippen LogP contribution in [0, 0.1) is 0 Å². The third-order valence-electron chi connectivity index (χ3n) is 3.57. The highest BCUT2D eigenvalue weighted by atomic mass is 35.5. The van der Waals surface area contributed by atoms with Gasteiger partial charge >= 0.3 is 0 Å². The predicted octanol–water partition coefficient (Wildman–Crippen LogP) is 2.95. The van der Waals surface area contributed by atoms with Crippen molar-refractivity contribution in [3.63, 3.8) is 0 Å². The van der Waals surface area contributed by atoms with Gasteiger partial charge < -0.3 is 10.4 Å². The molecule has 1 fully saturated rings. The summed E-state index contributed by atoms with van der Waals surface area (Å²) in [6, 6.07) is 9.10. The molecule has 0 bridgehead atoms. The van der Waals surface area contributed by atoms with E-state index in [0.29, 0.717) is 18.0 Å². The highest BCUT2D eigenvalue weighted by molar-refractivity contribution is 6.31. The van der Waals surface area contributed by atoms with Gasteiger partial charge in [-0.15, -0.1) is 0 Å². The number of aliphatic hydroxyl groups excluding tert-OH is 1. The molecule has 1 aliphatic carbocycles. The van der Waals surface area contributed by atoms with Gasteiger partial charge in [0.15, 0.2) is 0 Å². The zero-order valence-electron chi connectivity index (χ0n) is 10.2. The van der Waals surface area contributed by atoms with E-state index in [1.165, 1.54) is 5.56 Å². The second-order valence-corrected chi connectivity index (χ2v) is 5.37. The largest absolute Gasteiger partial charge is 0.396 e. The summed E-state index contributed by atoms with van der Waals surface area (Å²) in [5, 5.41) is 13.3. The first kappa shape index (κ1) is 12.9. The van der Waals surface area contributed by atoms with E-state index in [1.807, 2.05) is 12.1 Å². The van der Waals surface area contributed by atoms with Crippen LogP contribution in [0.4, 0.5) is 0 Å². The van der Waals surface area contributed by atoms with Crippen molar-refractivity contribution in [2.24, 2.45) is 0 Å². The molecule has 0 amide bonds. The van der Waals surface area contributed by atoms with Crippen molar-refractivity contribution in [3.8, 4) is 0 Å². The summed E-state index contributed by atoms with van der Waals surface area (Å²) in [6.07, 6.45) is 3.13. The molecule has 2 rings (SSSR count). The highest BCUT2D eigenvalue weighted by Gasteiger charge is 2.31. The molecule has 2 N–H and O–H groups in total. The minimum Gasteiger partial charge on any atom is -0.396 e. The first-order valence-corrected chi connectivity index (χ1v) is 6.70. The Morgan fingerprint density at radius 1 is 1.41 bits per heavy atom. The molecule has 1 aromatic carbocycles. The molecule has 94 valence electrons. The molecule has 1 aromatic rings. The van der Waals surface area contributed by atoms with Crippen LogP contribution in [-0.2, 0) is 0 Å². The SMILES string of the molecule is CC(CCO)NC1CC(c2ccccc2Cl)C1. The monoisotopic (exact) mass is 253 g/mol. The molecule has 1 saturated carbocycles. The van der Waals surface area contributed by atoms with E-state index in [-0.39, 0.29) is 6.61 Å². The zero-order valence-corrected chi connectivity index (χ0v) is 11.0. The number of rotatable bonds is 5. The van der Waals surface area contributed by atoms with Crippen LogP contribution >= 0.6 is 11.6 Å². The van der Waals surface area contributed by atoms with Gasteiger partial charge in [-0.25, -0.2) is 0 Å². The first-order valence-electron chi connectivity index (χ1n) is 6.32. The van der Waals surface area contributed by atoms with Crippen LogP contribution in [0.1, 0.15) is 37.7 Å². The average Bonchev–Trinajstić information content (AvgIpc) is 2.25. The summed E-state index contributed by atoms with van der Waals surface area (Å²) in [5.74, 6) is 0.600. The van der Waals surface area contributed by atoms with E-state index >= 15 is 0 Å². The number of benzene rings is 1. The van der Waals surface area contributed by atoms with Crippen molar-refractivity contribution in [3.05, 3.63) is 34.9 Å². The van der Waals surface area contributed by atoms with Crippen molar-refractivity contribution >= 4 is 11.6 Å². The number of hydrogen-bond donors (Lipinski definition) is 2.